The van der Waals surface area contributed by atoms with Crippen molar-refractivity contribution in [1.82, 2.24) is 9.80 Å². The van der Waals surface area contributed by atoms with Crippen molar-refractivity contribution in [2.45, 2.75) is 43.9 Å². The second-order valence-electron chi connectivity index (χ2n) is 7.43. The molecule has 1 spiro atoms. The number of carbonyl (C=O) groups excluding carboxylic acids is 1. The Kier molecular flexibility index (Phi) is 5.36. The SMILES string of the molecule is C/C=C/c1ccc([C@@H]2[C@H](CO)N(CCC(F)(F)F)C23CN(C(C)=O)C3)cc1. The molecule has 1 aromatic rings. The second-order valence-corrected chi connectivity index (χ2v) is 7.43. The quantitative estimate of drug-likeness (QED) is 0.851. The van der Waals surface area contributed by atoms with Crippen molar-refractivity contribution in [3.8, 4) is 0 Å². The van der Waals surface area contributed by atoms with Crippen LogP contribution in [0.5, 0.6) is 0 Å². The standard InChI is InChI=1S/C20H25F3N2O2/c1-3-4-15-5-7-16(8-6-15)18-17(11-26)25(10-9-20(21,22)23)19(18)12-24(13-19)14(2)27/h3-8,17-18,26H,9-13H2,1-2H3/b4-3+/t17-,18+/m0/s1. The maximum atomic E-state index is 12.8. The van der Waals surface area contributed by atoms with Crippen molar-refractivity contribution in [1.29, 1.82) is 0 Å². The van der Waals surface area contributed by atoms with Crippen LogP contribution in [0.3, 0.4) is 0 Å². The third-order valence-electron chi connectivity index (χ3n) is 5.79. The summed E-state index contributed by atoms with van der Waals surface area (Å²) >= 11 is 0. The third kappa shape index (κ3) is 3.62. The molecule has 0 unspecified atom stereocenters. The number of nitrogens with zero attached hydrogens (tertiary/aromatic N) is 2. The minimum Gasteiger partial charge on any atom is -0.395 e. The Hall–Kier alpha value is -1.86. The number of hydrogen-bond donors (Lipinski definition) is 1. The van der Waals surface area contributed by atoms with Gasteiger partial charge in [0.2, 0.25) is 5.91 Å². The Bertz CT molecular complexity index is 709. The first-order chi connectivity index (χ1) is 12.7. The molecule has 0 aromatic heterocycles. The van der Waals surface area contributed by atoms with Gasteiger partial charge < -0.3 is 10.0 Å². The monoisotopic (exact) mass is 382 g/mol. The van der Waals surface area contributed by atoms with Gasteiger partial charge in [-0.15, -0.1) is 0 Å². The lowest BCUT2D eigenvalue weighted by molar-refractivity contribution is -0.209. The zero-order chi connectivity index (χ0) is 19.8. The highest BCUT2D eigenvalue weighted by atomic mass is 19.4. The number of alkyl halides is 3. The topological polar surface area (TPSA) is 43.8 Å². The average molecular weight is 382 g/mol. The summed E-state index contributed by atoms with van der Waals surface area (Å²) in [6, 6.07) is 7.52. The molecule has 3 rings (SSSR count). The molecule has 148 valence electrons. The van der Waals surface area contributed by atoms with E-state index >= 15 is 0 Å². The van der Waals surface area contributed by atoms with E-state index in [0.717, 1.165) is 11.1 Å². The molecular weight excluding hydrogens is 357 g/mol. The summed E-state index contributed by atoms with van der Waals surface area (Å²) in [6.45, 7) is 3.83. The van der Waals surface area contributed by atoms with E-state index in [9.17, 15) is 23.1 Å². The molecular formula is C20H25F3N2O2. The number of allylic oxidation sites excluding steroid dienone is 1. The van der Waals surface area contributed by atoms with Crippen molar-refractivity contribution >= 4 is 12.0 Å². The van der Waals surface area contributed by atoms with Crippen LogP contribution in [-0.2, 0) is 4.79 Å². The molecule has 2 saturated heterocycles. The van der Waals surface area contributed by atoms with Crippen molar-refractivity contribution in [3.63, 3.8) is 0 Å². The number of carbonyl (C=O) groups is 1. The molecule has 4 nitrogen and oxygen atoms in total. The number of likely N-dealkylation sites (tertiary alicyclic amines) is 2. The van der Waals surface area contributed by atoms with Crippen LogP contribution in [0.1, 0.15) is 37.3 Å². The molecule has 2 fully saturated rings. The average Bonchev–Trinajstić information content (AvgIpc) is 2.53. The highest BCUT2D eigenvalue weighted by Gasteiger charge is 2.66. The molecule has 0 aliphatic carbocycles. The molecule has 1 aromatic carbocycles. The number of halogens is 3. The lowest BCUT2D eigenvalue weighted by Crippen LogP contribution is -2.85. The van der Waals surface area contributed by atoms with Crippen LogP contribution in [0.15, 0.2) is 30.3 Å². The zero-order valence-electron chi connectivity index (χ0n) is 15.5. The maximum absolute atomic E-state index is 12.8. The van der Waals surface area contributed by atoms with Crippen LogP contribution in [-0.4, -0.2) is 64.8 Å². The van der Waals surface area contributed by atoms with Gasteiger partial charge in [-0.2, -0.15) is 13.2 Å². The number of aliphatic hydroxyl groups is 1. The van der Waals surface area contributed by atoms with Gasteiger partial charge in [-0.1, -0.05) is 36.4 Å². The first-order valence-corrected chi connectivity index (χ1v) is 9.14. The van der Waals surface area contributed by atoms with Gasteiger partial charge in [0.1, 0.15) is 0 Å². The maximum Gasteiger partial charge on any atom is 0.390 e. The largest absolute Gasteiger partial charge is 0.395 e. The summed E-state index contributed by atoms with van der Waals surface area (Å²) < 4.78 is 38.3. The molecule has 2 atom stereocenters. The summed E-state index contributed by atoms with van der Waals surface area (Å²) in [5.74, 6) is -0.169. The smallest absolute Gasteiger partial charge is 0.390 e. The molecule has 2 aliphatic rings. The van der Waals surface area contributed by atoms with Crippen LogP contribution < -0.4 is 0 Å². The zero-order valence-corrected chi connectivity index (χ0v) is 15.5. The molecule has 27 heavy (non-hydrogen) atoms. The van der Waals surface area contributed by atoms with Crippen LogP contribution in [0.2, 0.25) is 0 Å². The Morgan fingerprint density at radius 3 is 2.41 bits per heavy atom. The molecule has 7 heteroatoms. The Morgan fingerprint density at radius 1 is 1.30 bits per heavy atom. The van der Waals surface area contributed by atoms with E-state index in [2.05, 4.69) is 0 Å². The third-order valence-corrected chi connectivity index (χ3v) is 5.79. The summed E-state index contributed by atoms with van der Waals surface area (Å²) in [5, 5.41) is 9.87. The Morgan fingerprint density at radius 2 is 1.93 bits per heavy atom. The summed E-state index contributed by atoms with van der Waals surface area (Å²) in [5.41, 5.74) is 1.52. The van der Waals surface area contributed by atoms with E-state index in [0.29, 0.717) is 13.1 Å². The van der Waals surface area contributed by atoms with Crippen molar-refractivity contribution in [2.24, 2.45) is 0 Å². The fraction of sp³-hybridized carbons (Fsp3) is 0.550. The lowest BCUT2D eigenvalue weighted by atomic mass is 9.60. The minimum absolute atomic E-state index is 0.0778. The predicted molar refractivity (Wildman–Crippen MR) is 97.1 cm³/mol. The van der Waals surface area contributed by atoms with Crippen LogP contribution >= 0.6 is 0 Å². The first-order valence-electron chi connectivity index (χ1n) is 9.14. The Labute approximate surface area is 157 Å². The Balaban J connectivity index is 1.86. The molecule has 0 saturated carbocycles. The van der Waals surface area contributed by atoms with Gasteiger partial charge in [0, 0.05) is 38.5 Å². The first kappa shape index (κ1) is 19.9. The number of rotatable bonds is 5. The second kappa shape index (κ2) is 7.28. The molecule has 1 N–H and O–H groups in total. The van der Waals surface area contributed by atoms with Crippen molar-refractivity contribution in [3.05, 3.63) is 41.5 Å². The molecule has 0 radical (unpaired) electrons. The van der Waals surface area contributed by atoms with E-state index in [1.165, 1.54) is 6.92 Å². The van der Waals surface area contributed by atoms with E-state index in [1.807, 2.05) is 43.3 Å². The molecule has 2 heterocycles. The molecule has 2 aliphatic heterocycles. The molecule has 1 amide bonds. The summed E-state index contributed by atoms with van der Waals surface area (Å²) in [6.07, 6.45) is -1.26. The van der Waals surface area contributed by atoms with Gasteiger partial charge in [-0.3, -0.25) is 9.69 Å². The highest BCUT2D eigenvalue weighted by molar-refractivity contribution is 5.75. The van der Waals surface area contributed by atoms with Gasteiger partial charge in [-0.25, -0.2) is 0 Å². The highest BCUT2D eigenvalue weighted by Crippen LogP contribution is 2.54. The van der Waals surface area contributed by atoms with Crippen LogP contribution in [0.25, 0.3) is 6.08 Å². The van der Waals surface area contributed by atoms with E-state index in [4.69, 9.17) is 0 Å². The van der Waals surface area contributed by atoms with Crippen molar-refractivity contribution < 1.29 is 23.1 Å². The normalized spacial score (nSPS) is 24.9. The van der Waals surface area contributed by atoms with E-state index in [-0.39, 0.29) is 31.0 Å². The predicted octanol–water partition coefficient (Wildman–Crippen LogP) is 3.03. The number of hydrogen-bond acceptors (Lipinski definition) is 3. The van der Waals surface area contributed by atoms with Gasteiger partial charge >= 0.3 is 6.18 Å². The lowest BCUT2D eigenvalue weighted by Gasteiger charge is -2.70. The fourth-order valence-corrected chi connectivity index (χ4v) is 4.56. The summed E-state index contributed by atoms with van der Waals surface area (Å²) in [7, 11) is 0. The van der Waals surface area contributed by atoms with Gasteiger partial charge in [-0.05, 0) is 18.1 Å². The van der Waals surface area contributed by atoms with E-state index in [1.54, 1.807) is 9.80 Å². The van der Waals surface area contributed by atoms with Gasteiger partial charge in [0.15, 0.2) is 0 Å². The minimum atomic E-state index is -4.25. The number of amides is 1. The van der Waals surface area contributed by atoms with Crippen LogP contribution in [0, 0.1) is 0 Å². The van der Waals surface area contributed by atoms with E-state index < -0.39 is 18.1 Å². The van der Waals surface area contributed by atoms with Crippen LogP contribution in [0.4, 0.5) is 13.2 Å². The number of benzene rings is 1. The van der Waals surface area contributed by atoms with Gasteiger partial charge in [0.05, 0.1) is 18.6 Å². The van der Waals surface area contributed by atoms with Crippen molar-refractivity contribution in [2.75, 3.05) is 26.2 Å². The van der Waals surface area contributed by atoms with Gasteiger partial charge in [0.25, 0.3) is 0 Å². The summed E-state index contributed by atoms with van der Waals surface area (Å²) in [4.78, 5) is 15.1. The number of aliphatic hydroxyl groups excluding tert-OH is 1. The molecule has 0 bridgehead atoms. The fourth-order valence-electron chi connectivity index (χ4n) is 4.56.